The lowest BCUT2D eigenvalue weighted by molar-refractivity contribution is -0.134. The Balaban J connectivity index is 1.50. The largest absolute Gasteiger partial charge is 0.427 e. The molecule has 0 radical (unpaired) electrons. The van der Waals surface area contributed by atoms with E-state index >= 15 is 0 Å². The molecule has 1 aliphatic heterocycles. The SMILES string of the molecule is CCc1ccc(C(=O)CCC(=O)Oc2ccc(N3CCCC3=O)cc2)cc1. The number of anilines is 1. The fourth-order valence-corrected chi connectivity index (χ4v) is 3.08. The number of nitrogens with zero attached hydrogens (tertiary/aromatic N) is 1. The van der Waals surface area contributed by atoms with Crippen LogP contribution in [0.15, 0.2) is 48.5 Å². The van der Waals surface area contributed by atoms with Crippen molar-refractivity contribution < 1.29 is 19.1 Å². The minimum absolute atomic E-state index is 0.0285. The first-order valence-corrected chi connectivity index (χ1v) is 9.30. The maximum Gasteiger partial charge on any atom is 0.311 e. The molecule has 0 aromatic heterocycles. The monoisotopic (exact) mass is 365 g/mol. The number of esters is 1. The number of aryl methyl sites for hydroxylation is 1. The number of ketones is 1. The average molecular weight is 365 g/mol. The molecule has 0 spiro atoms. The van der Waals surface area contributed by atoms with Gasteiger partial charge in [-0.3, -0.25) is 14.4 Å². The highest BCUT2D eigenvalue weighted by Gasteiger charge is 2.21. The maximum atomic E-state index is 12.2. The molecular weight excluding hydrogens is 342 g/mol. The molecule has 1 heterocycles. The molecule has 0 saturated carbocycles. The molecule has 140 valence electrons. The summed E-state index contributed by atoms with van der Waals surface area (Å²) >= 11 is 0. The number of ether oxygens (including phenoxy) is 1. The Morgan fingerprint density at radius 2 is 1.70 bits per heavy atom. The second-order valence-electron chi connectivity index (χ2n) is 6.59. The van der Waals surface area contributed by atoms with Crippen molar-refractivity contribution in [2.45, 2.75) is 39.0 Å². The molecule has 0 unspecified atom stereocenters. The van der Waals surface area contributed by atoms with Gasteiger partial charge in [-0.25, -0.2) is 0 Å². The van der Waals surface area contributed by atoms with Gasteiger partial charge in [0.1, 0.15) is 5.75 Å². The highest BCUT2D eigenvalue weighted by atomic mass is 16.5. The Hall–Kier alpha value is -2.95. The summed E-state index contributed by atoms with van der Waals surface area (Å²) in [5.74, 6) is 0.0106. The van der Waals surface area contributed by atoms with E-state index in [2.05, 4.69) is 6.92 Å². The molecule has 0 atom stereocenters. The number of Topliss-reactive ketones (excluding diaryl/α,β-unsaturated/α-hetero) is 1. The van der Waals surface area contributed by atoms with Gasteiger partial charge in [0, 0.05) is 30.6 Å². The van der Waals surface area contributed by atoms with Crippen LogP contribution >= 0.6 is 0 Å². The average Bonchev–Trinajstić information content (AvgIpc) is 3.12. The number of amides is 1. The summed E-state index contributed by atoms with van der Waals surface area (Å²) in [7, 11) is 0. The predicted octanol–water partition coefficient (Wildman–Crippen LogP) is 3.94. The quantitative estimate of drug-likeness (QED) is 0.423. The number of hydrogen-bond acceptors (Lipinski definition) is 4. The summed E-state index contributed by atoms with van der Waals surface area (Å²) in [5, 5.41) is 0. The Kier molecular flexibility index (Phi) is 6.01. The molecule has 1 fully saturated rings. The van der Waals surface area contributed by atoms with Gasteiger partial charge < -0.3 is 9.64 Å². The standard InChI is InChI=1S/C22H23NO4/c1-2-16-5-7-17(8-6-16)20(24)13-14-22(26)27-19-11-9-18(10-12-19)23-15-3-4-21(23)25/h5-12H,2-4,13-15H2,1H3. The molecule has 0 aliphatic carbocycles. The highest BCUT2D eigenvalue weighted by Crippen LogP contribution is 2.24. The fraction of sp³-hybridized carbons (Fsp3) is 0.318. The number of carbonyl (C=O) groups excluding carboxylic acids is 3. The van der Waals surface area contributed by atoms with Crippen LogP contribution < -0.4 is 9.64 Å². The van der Waals surface area contributed by atoms with Crippen LogP contribution in [0.4, 0.5) is 5.69 Å². The number of hydrogen-bond donors (Lipinski definition) is 0. The minimum atomic E-state index is -0.446. The van der Waals surface area contributed by atoms with Crippen molar-refractivity contribution in [1.29, 1.82) is 0 Å². The summed E-state index contributed by atoms with van der Waals surface area (Å²) in [6.07, 6.45) is 2.51. The molecule has 27 heavy (non-hydrogen) atoms. The zero-order valence-electron chi connectivity index (χ0n) is 15.4. The summed E-state index contributed by atoms with van der Waals surface area (Å²) in [5.41, 5.74) is 2.59. The first-order chi connectivity index (χ1) is 13.1. The molecule has 1 saturated heterocycles. The second-order valence-corrected chi connectivity index (χ2v) is 6.59. The zero-order valence-corrected chi connectivity index (χ0v) is 15.4. The lowest BCUT2D eigenvalue weighted by Gasteiger charge is -2.15. The number of benzene rings is 2. The normalized spacial score (nSPS) is 13.7. The van der Waals surface area contributed by atoms with E-state index in [4.69, 9.17) is 4.74 Å². The van der Waals surface area contributed by atoms with E-state index in [-0.39, 0.29) is 24.5 Å². The van der Waals surface area contributed by atoms with Gasteiger partial charge in [0.05, 0.1) is 6.42 Å². The lowest BCUT2D eigenvalue weighted by atomic mass is 10.0. The van der Waals surface area contributed by atoms with Crippen molar-refractivity contribution >= 4 is 23.3 Å². The molecule has 0 bridgehead atoms. The molecule has 5 nitrogen and oxygen atoms in total. The molecule has 5 heteroatoms. The Bertz CT molecular complexity index is 824. The smallest absolute Gasteiger partial charge is 0.311 e. The van der Waals surface area contributed by atoms with E-state index < -0.39 is 5.97 Å². The van der Waals surface area contributed by atoms with Gasteiger partial charge in [-0.05, 0) is 42.7 Å². The van der Waals surface area contributed by atoms with Gasteiger partial charge in [-0.15, -0.1) is 0 Å². The Morgan fingerprint density at radius 1 is 1.00 bits per heavy atom. The molecule has 3 rings (SSSR count). The van der Waals surface area contributed by atoms with Gasteiger partial charge in [0.15, 0.2) is 5.78 Å². The summed E-state index contributed by atoms with van der Waals surface area (Å²) in [6, 6.07) is 14.3. The van der Waals surface area contributed by atoms with Gasteiger partial charge in [0.2, 0.25) is 5.91 Å². The van der Waals surface area contributed by atoms with Crippen LogP contribution in [-0.2, 0) is 16.0 Å². The molecule has 2 aromatic rings. The third kappa shape index (κ3) is 4.82. The van der Waals surface area contributed by atoms with Gasteiger partial charge in [-0.1, -0.05) is 31.2 Å². The number of carbonyl (C=O) groups is 3. The fourth-order valence-electron chi connectivity index (χ4n) is 3.08. The van der Waals surface area contributed by atoms with E-state index in [1.165, 1.54) is 5.56 Å². The summed E-state index contributed by atoms with van der Waals surface area (Å²) < 4.78 is 5.29. The van der Waals surface area contributed by atoms with E-state index in [0.29, 0.717) is 17.7 Å². The van der Waals surface area contributed by atoms with Crippen LogP contribution in [0, 0.1) is 0 Å². The third-order valence-corrected chi connectivity index (χ3v) is 4.69. The topological polar surface area (TPSA) is 63.7 Å². The third-order valence-electron chi connectivity index (χ3n) is 4.69. The number of rotatable bonds is 7. The van der Waals surface area contributed by atoms with Crippen LogP contribution in [0.2, 0.25) is 0 Å². The minimum Gasteiger partial charge on any atom is -0.427 e. The van der Waals surface area contributed by atoms with Crippen molar-refractivity contribution in [3.63, 3.8) is 0 Å². The van der Waals surface area contributed by atoms with Crippen molar-refractivity contribution in [1.82, 2.24) is 0 Å². The summed E-state index contributed by atoms with van der Waals surface area (Å²) in [6.45, 7) is 2.78. The van der Waals surface area contributed by atoms with E-state index in [9.17, 15) is 14.4 Å². The molecule has 2 aromatic carbocycles. The first-order valence-electron chi connectivity index (χ1n) is 9.30. The Morgan fingerprint density at radius 3 is 2.30 bits per heavy atom. The van der Waals surface area contributed by atoms with Crippen molar-refractivity contribution in [3.05, 3.63) is 59.7 Å². The zero-order chi connectivity index (χ0) is 19.2. The van der Waals surface area contributed by atoms with Crippen LogP contribution in [-0.4, -0.2) is 24.2 Å². The highest BCUT2D eigenvalue weighted by molar-refractivity contribution is 5.97. The van der Waals surface area contributed by atoms with E-state index in [1.807, 2.05) is 12.1 Å². The lowest BCUT2D eigenvalue weighted by Crippen LogP contribution is -2.23. The van der Waals surface area contributed by atoms with Crippen molar-refractivity contribution in [2.24, 2.45) is 0 Å². The van der Waals surface area contributed by atoms with Crippen LogP contribution in [0.25, 0.3) is 0 Å². The second kappa shape index (κ2) is 8.62. The van der Waals surface area contributed by atoms with Crippen LogP contribution in [0.5, 0.6) is 5.75 Å². The van der Waals surface area contributed by atoms with Gasteiger partial charge >= 0.3 is 5.97 Å². The molecule has 0 N–H and O–H groups in total. The van der Waals surface area contributed by atoms with Gasteiger partial charge in [-0.2, -0.15) is 0 Å². The molecule has 1 aliphatic rings. The van der Waals surface area contributed by atoms with Crippen molar-refractivity contribution in [2.75, 3.05) is 11.4 Å². The van der Waals surface area contributed by atoms with E-state index in [1.54, 1.807) is 41.3 Å². The first kappa shape index (κ1) is 18.8. The maximum absolute atomic E-state index is 12.2. The van der Waals surface area contributed by atoms with E-state index in [0.717, 1.165) is 25.1 Å². The molecule has 1 amide bonds. The van der Waals surface area contributed by atoms with Crippen LogP contribution in [0.1, 0.15) is 48.5 Å². The Labute approximate surface area is 158 Å². The molecular formula is C22H23NO4. The van der Waals surface area contributed by atoms with Crippen molar-refractivity contribution in [3.8, 4) is 5.75 Å². The van der Waals surface area contributed by atoms with Crippen LogP contribution in [0.3, 0.4) is 0 Å². The van der Waals surface area contributed by atoms with Gasteiger partial charge in [0.25, 0.3) is 0 Å². The summed E-state index contributed by atoms with van der Waals surface area (Å²) in [4.78, 5) is 37.7. The predicted molar refractivity (Wildman–Crippen MR) is 103 cm³/mol.